The van der Waals surface area contributed by atoms with Crippen molar-refractivity contribution in [1.29, 1.82) is 0 Å². The average molecular weight is 282 g/mol. The number of nitrogens with zero attached hydrogens (tertiary/aromatic N) is 1. The largest absolute Gasteiger partial charge is 0.356 e. The van der Waals surface area contributed by atoms with Gasteiger partial charge in [-0.1, -0.05) is 30.4 Å². The molecule has 1 atom stereocenters. The van der Waals surface area contributed by atoms with Gasteiger partial charge in [-0.2, -0.15) is 0 Å². The number of benzene rings is 1. The molecule has 21 heavy (non-hydrogen) atoms. The number of para-hydroxylation sites is 1. The molecule has 1 aliphatic carbocycles. The van der Waals surface area contributed by atoms with Crippen molar-refractivity contribution in [2.24, 2.45) is 5.92 Å². The minimum absolute atomic E-state index is 0.183. The van der Waals surface area contributed by atoms with Gasteiger partial charge in [0.05, 0.1) is 0 Å². The highest BCUT2D eigenvalue weighted by atomic mass is 16.1. The van der Waals surface area contributed by atoms with Crippen molar-refractivity contribution in [3.63, 3.8) is 0 Å². The van der Waals surface area contributed by atoms with Gasteiger partial charge in [-0.15, -0.1) is 0 Å². The Morgan fingerprint density at radius 2 is 2.14 bits per heavy atom. The van der Waals surface area contributed by atoms with Gasteiger partial charge in [0.2, 0.25) is 5.91 Å². The monoisotopic (exact) mass is 282 g/mol. The summed E-state index contributed by atoms with van der Waals surface area (Å²) in [5.41, 5.74) is 1.27. The molecule has 0 saturated heterocycles. The Balaban J connectivity index is 1.46. The van der Waals surface area contributed by atoms with Crippen LogP contribution in [-0.2, 0) is 11.3 Å². The van der Waals surface area contributed by atoms with E-state index in [0.717, 1.165) is 38.8 Å². The molecule has 1 aromatic heterocycles. The van der Waals surface area contributed by atoms with Crippen molar-refractivity contribution in [1.82, 2.24) is 9.88 Å². The van der Waals surface area contributed by atoms with Crippen molar-refractivity contribution < 1.29 is 4.79 Å². The van der Waals surface area contributed by atoms with Gasteiger partial charge < -0.3 is 9.88 Å². The third-order valence-corrected chi connectivity index (χ3v) is 4.20. The molecule has 1 heterocycles. The molecule has 0 saturated carbocycles. The van der Waals surface area contributed by atoms with E-state index in [1.165, 1.54) is 10.9 Å². The van der Waals surface area contributed by atoms with Crippen molar-refractivity contribution in [2.75, 3.05) is 6.54 Å². The predicted molar refractivity (Wildman–Crippen MR) is 86.0 cm³/mol. The van der Waals surface area contributed by atoms with E-state index in [-0.39, 0.29) is 11.8 Å². The summed E-state index contributed by atoms with van der Waals surface area (Å²) in [6.45, 7) is 1.70. The number of rotatable bonds is 5. The van der Waals surface area contributed by atoms with Crippen LogP contribution >= 0.6 is 0 Å². The van der Waals surface area contributed by atoms with Crippen LogP contribution in [0, 0.1) is 5.92 Å². The molecular formula is C18H22N2O. The number of hydrogen-bond donors (Lipinski definition) is 1. The summed E-state index contributed by atoms with van der Waals surface area (Å²) in [5.74, 6) is 0.402. The second kappa shape index (κ2) is 6.61. The molecule has 3 heteroatoms. The first kappa shape index (κ1) is 13.9. The van der Waals surface area contributed by atoms with Crippen LogP contribution in [0.2, 0.25) is 0 Å². The summed E-state index contributed by atoms with van der Waals surface area (Å²) in [5, 5.41) is 4.35. The average Bonchev–Trinajstić information content (AvgIpc) is 2.95. The number of allylic oxidation sites excluding steroid dienone is 2. The number of aromatic nitrogens is 1. The lowest BCUT2D eigenvalue weighted by molar-refractivity contribution is -0.125. The van der Waals surface area contributed by atoms with Gasteiger partial charge in [0.25, 0.3) is 0 Å². The van der Waals surface area contributed by atoms with E-state index in [0.29, 0.717) is 0 Å². The Morgan fingerprint density at radius 3 is 3.00 bits per heavy atom. The fourth-order valence-corrected chi connectivity index (χ4v) is 2.97. The number of hydrogen-bond acceptors (Lipinski definition) is 1. The molecule has 0 aliphatic heterocycles. The fraction of sp³-hybridized carbons (Fsp3) is 0.389. The molecule has 0 spiro atoms. The van der Waals surface area contributed by atoms with Crippen molar-refractivity contribution in [3.8, 4) is 0 Å². The first-order valence-corrected chi connectivity index (χ1v) is 7.81. The highest BCUT2D eigenvalue weighted by molar-refractivity contribution is 5.80. The molecule has 0 fully saturated rings. The van der Waals surface area contributed by atoms with E-state index >= 15 is 0 Å². The zero-order valence-electron chi connectivity index (χ0n) is 12.3. The molecule has 0 radical (unpaired) electrons. The number of carbonyl (C=O) groups is 1. The number of carbonyl (C=O) groups excluding carboxylic acids is 1. The maximum absolute atomic E-state index is 12.0. The zero-order chi connectivity index (χ0) is 14.5. The summed E-state index contributed by atoms with van der Waals surface area (Å²) in [6.07, 6.45) is 10.3. The fourth-order valence-electron chi connectivity index (χ4n) is 2.97. The summed E-state index contributed by atoms with van der Waals surface area (Å²) in [4.78, 5) is 12.0. The normalized spacial score (nSPS) is 18.0. The van der Waals surface area contributed by atoms with Crippen LogP contribution in [0.3, 0.4) is 0 Å². The molecule has 0 unspecified atom stereocenters. The third-order valence-electron chi connectivity index (χ3n) is 4.20. The summed E-state index contributed by atoms with van der Waals surface area (Å²) in [7, 11) is 0. The van der Waals surface area contributed by atoms with Crippen molar-refractivity contribution >= 4 is 16.8 Å². The molecular weight excluding hydrogens is 260 g/mol. The Bertz CT molecular complexity index is 641. The second-order valence-electron chi connectivity index (χ2n) is 5.69. The van der Waals surface area contributed by atoms with Crippen LogP contribution < -0.4 is 5.32 Å². The van der Waals surface area contributed by atoms with Crippen molar-refractivity contribution in [2.45, 2.75) is 32.2 Å². The Kier molecular flexibility index (Phi) is 4.39. The maximum atomic E-state index is 12.0. The van der Waals surface area contributed by atoms with Gasteiger partial charge in [0.1, 0.15) is 0 Å². The van der Waals surface area contributed by atoms with E-state index < -0.39 is 0 Å². The first-order chi connectivity index (χ1) is 10.3. The van der Waals surface area contributed by atoms with E-state index in [1.54, 1.807) is 0 Å². The lowest BCUT2D eigenvalue weighted by atomic mass is 9.94. The molecule has 1 amide bonds. The number of nitrogens with one attached hydrogen (secondary N) is 1. The van der Waals surface area contributed by atoms with Crippen LogP contribution in [0.1, 0.15) is 25.7 Å². The third kappa shape index (κ3) is 3.35. The molecule has 1 aliphatic rings. The molecule has 3 nitrogen and oxygen atoms in total. The Hall–Kier alpha value is -2.03. The van der Waals surface area contributed by atoms with Gasteiger partial charge in [-0.3, -0.25) is 4.79 Å². The predicted octanol–water partition coefficient (Wildman–Crippen LogP) is 3.50. The van der Waals surface area contributed by atoms with E-state index in [1.807, 2.05) is 0 Å². The van der Waals surface area contributed by atoms with Crippen LogP contribution in [0.25, 0.3) is 10.9 Å². The lowest BCUT2D eigenvalue weighted by Crippen LogP contribution is -2.32. The molecule has 0 bridgehead atoms. The standard InChI is InChI=1S/C18H22N2O/c21-18(16-8-2-1-3-9-16)19-12-6-13-20-14-11-15-7-4-5-10-17(15)20/h1-2,4-5,7,10-11,14,16H,3,6,8-9,12-13H2,(H,19,21)/t16-/m0/s1. The van der Waals surface area contributed by atoms with E-state index in [9.17, 15) is 4.79 Å². The van der Waals surface area contributed by atoms with Gasteiger partial charge in [-0.05, 0) is 43.2 Å². The number of aryl methyl sites for hydroxylation is 1. The lowest BCUT2D eigenvalue weighted by Gasteiger charge is -2.17. The molecule has 1 aromatic carbocycles. The number of fused-ring (bicyclic) bond motifs is 1. The van der Waals surface area contributed by atoms with Gasteiger partial charge in [0, 0.05) is 30.7 Å². The van der Waals surface area contributed by atoms with E-state index in [4.69, 9.17) is 0 Å². The number of amides is 1. The second-order valence-corrected chi connectivity index (χ2v) is 5.69. The van der Waals surface area contributed by atoms with Gasteiger partial charge in [-0.25, -0.2) is 0 Å². The Labute approximate surface area is 125 Å². The van der Waals surface area contributed by atoms with Crippen LogP contribution in [0.15, 0.2) is 48.7 Å². The SMILES string of the molecule is O=C(NCCCn1ccc2ccccc21)[C@H]1CC=CCC1. The summed E-state index contributed by atoms with van der Waals surface area (Å²) in [6, 6.07) is 10.5. The minimum atomic E-state index is 0.183. The van der Waals surface area contributed by atoms with Gasteiger partial charge >= 0.3 is 0 Å². The van der Waals surface area contributed by atoms with Crippen LogP contribution in [0.5, 0.6) is 0 Å². The van der Waals surface area contributed by atoms with Gasteiger partial charge in [0.15, 0.2) is 0 Å². The quantitative estimate of drug-likeness (QED) is 0.661. The Morgan fingerprint density at radius 1 is 1.24 bits per heavy atom. The maximum Gasteiger partial charge on any atom is 0.223 e. The van der Waals surface area contributed by atoms with Crippen molar-refractivity contribution in [3.05, 3.63) is 48.7 Å². The topological polar surface area (TPSA) is 34.0 Å². The molecule has 110 valence electrons. The molecule has 1 N–H and O–H groups in total. The summed E-state index contributed by atoms with van der Waals surface area (Å²) >= 11 is 0. The summed E-state index contributed by atoms with van der Waals surface area (Å²) < 4.78 is 2.25. The highest BCUT2D eigenvalue weighted by Gasteiger charge is 2.17. The van der Waals surface area contributed by atoms with E-state index in [2.05, 4.69) is 58.6 Å². The van der Waals surface area contributed by atoms with Crippen LogP contribution in [0.4, 0.5) is 0 Å². The van der Waals surface area contributed by atoms with Crippen LogP contribution in [-0.4, -0.2) is 17.0 Å². The minimum Gasteiger partial charge on any atom is -0.356 e. The molecule has 3 rings (SSSR count). The smallest absolute Gasteiger partial charge is 0.223 e. The highest BCUT2D eigenvalue weighted by Crippen LogP contribution is 2.18. The zero-order valence-corrected chi connectivity index (χ0v) is 12.3. The first-order valence-electron chi connectivity index (χ1n) is 7.81. The molecule has 2 aromatic rings.